The standard InChI is InChI=1S/C15H15N3O2/c19-15(18-14-9-16-7-8-17-14)12-3-1-2-4-13(12)20-10-11-5-6-11/h1-4,7-9,11H,5-6,10H2,(H,17,18,19). The Balaban J connectivity index is 1.72. The molecule has 1 heterocycles. The Hall–Kier alpha value is -2.43. The lowest BCUT2D eigenvalue weighted by atomic mass is 10.2. The molecule has 1 saturated carbocycles. The van der Waals surface area contributed by atoms with Crippen LogP contribution < -0.4 is 10.1 Å². The van der Waals surface area contributed by atoms with Gasteiger partial charge in [0, 0.05) is 12.4 Å². The highest BCUT2D eigenvalue weighted by Gasteiger charge is 2.23. The molecular formula is C15H15N3O2. The number of hydrogen-bond donors (Lipinski definition) is 1. The second kappa shape index (κ2) is 5.69. The van der Waals surface area contributed by atoms with Crippen molar-refractivity contribution in [1.29, 1.82) is 0 Å². The Labute approximate surface area is 117 Å². The monoisotopic (exact) mass is 269 g/mol. The van der Waals surface area contributed by atoms with E-state index in [1.54, 1.807) is 12.3 Å². The highest BCUT2D eigenvalue weighted by Crippen LogP contribution is 2.30. The summed E-state index contributed by atoms with van der Waals surface area (Å²) in [5.41, 5.74) is 0.513. The fourth-order valence-electron chi connectivity index (χ4n) is 1.82. The van der Waals surface area contributed by atoms with Crippen molar-refractivity contribution in [3.05, 3.63) is 48.4 Å². The summed E-state index contributed by atoms with van der Waals surface area (Å²) in [5.74, 6) is 1.44. The van der Waals surface area contributed by atoms with Crippen molar-refractivity contribution in [2.45, 2.75) is 12.8 Å². The normalized spacial score (nSPS) is 13.8. The molecule has 1 fully saturated rings. The van der Waals surface area contributed by atoms with E-state index in [0.29, 0.717) is 29.7 Å². The summed E-state index contributed by atoms with van der Waals surface area (Å²) in [4.78, 5) is 20.2. The molecule has 1 N–H and O–H groups in total. The lowest BCUT2D eigenvalue weighted by Crippen LogP contribution is -2.15. The third-order valence-corrected chi connectivity index (χ3v) is 3.11. The van der Waals surface area contributed by atoms with Crippen LogP contribution in [-0.2, 0) is 0 Å². The molecule has 0 radical (unpaired) electrons. The quantitative estimate of drug-likeness (QED) is 0.905. The second-order valence-corrected chi connectivity index (χ2v) is 4.80. The highest BCUT2D eigenvalue weighted by molar-refractivity contribution is 6.05. The number of nitrogens with zero attached hydrogens (tertiary/aromatic N) is 2. The highest BCUT2D eigenvalue weighted by atomic mass is 16.5. The zero-order chi connectivity index (χ0) is 13.8. The topological polar surface area (TPSA) is 64.1 Å². The summed E-state index contributed by atoms with van der Waals surface area (Å²) < 4.78 is 5.72. The summed E-state index contributed by atoms with van der Waals surface area (Å²) >= 11 is 0. The van der Waals surface area contributed by atoms with Crippen molar-refractivity contribution < 1.29 is 9.53 Å². The van der Waals surface area contributed by atoms with Crippen LogP contribution in [0.3, 0.4) is 0 Å². The zero-order valence-corrected chi connectivity index (χ0v) is 11.0. The van der Waals surface area contributed by atoms with E-state index in [1.165, 1.54) is 25.2 Å². The van der Waals surface area contributed by atoms with Crippen LogP contribution in [0.1, 0.15) is 23.2 Å². The van der Waals surface area contributed by atoms with Crippen molar-refractivity contribution >= 4 is 11.7 Å². The van der Waals surface area contributed by atoms with E-state index in [-0.39, 0.29) is 5.91 Å². The first-order valence-electron chi connectivity index (χ1n) is 6.62. The fourth-order valence-corrected chi connectivity index (χ4v) is 1.82. The van der Waals surface area contributed by atoms with Crippen LogP contribution in [0.15, 0.2) is 42.9 Å². The molecule has 0 aliphatic heterocycles. The smallest absolute Gasteiger partial charge is 0.260 e. The average Bonchev–Trinajstić information content (AvgIpc) is 3.31. The van der Waals surface area contributed by atoms with E-state index in [2.05, 4.69) is 15.3 Å². The molecular weight excluding hydrogens is 254 g/mol. The number of carbonyl (C=O) groups excluding carboxylic acids is 1. The summed E-state index contributed by atoms with van der Waals surface area (Å²) in [7, 11) is 0. The Morgan fingerprint density at radius 1 is 1.30 bits per heavy atom. The van der Waals surface area contributed by atoms with Gasteiger partial charge in [-0.2, -0.15) is 0 Å². The maximum atomic E-state index is 12.2. The molecule has 0 atom stereocenters. The van der Waals surface area contributed by atoms with Gasteiger partial charge in [-0.05, 0) is 30.9 Å². The number of benzene rings is 1. The van der Waals surface area contributed by atoms with E-state index >= 15 is 0 Å². The first-order valence-corrected chi connectivity index (χ1v) is 6.62. The number of nitrogens with one attached hydrogen (secondary N) is 1. The largest absolute Gasteiger partial charge is 0.492 e. The molecule has 0 unspecified atom stereocenters. The van der Waals surface area contributed by atoms with Crippen LogP contribution in [0.5, 0.6) is 5.75 Å². The lowest BCUT2D eigenvalue weighted by molar-refractivity contribution is 0.102. The van der Waals surface area contributed by atoms with Crippen LogP contribution in [0, 0.1) is 5.92 Å². The predicted octanol–water partition coefficient (Wildman–Crippen LogP) is 2.52. The number of hydrogen-bond acceptors (Lipinski definition) is 4. The number of amides is 1. The molecule has 0 bridgehead atoms. The summed E-state index contributed by atoms with van der Waals surface area (Å²) in [5, 5.41) is 2.71. The molecule has 1 aromatic carbocycles. The maximum absolute atomic E-state index is 12.2. The van der Waals surface area contributed by atoms with Crippen molar-refractivity contribution in [2.24, 2.45) is 5.92 Å². The number of rotatable bonds is 5. The minimum absolute atomic E-state index is 0.239. The molecule has 1 aliphatic carbocycles. The Morgan fingerprint density at radius 2 is 2.15 bits per heavy atom. The van der Waals surface area contributed by atoms with Crippen LogP contribution in [0.4, 0.5) is 5.82 Å². The number of para-hydroxylation sites is 1. The van der Waals surface area contributed by atoms with Crippen molar-refractivity contribution in [1.82, 2.24) is 9.97 Å². The average molecular weight is 269 g/mol. The second-order valence-electron chi connectivity index (χ2n) is 4.80. The molecule has 1 aromatic heterocycles. The van der Waals surface area contributed by atoms with Gasteiger partial charge in [-0.1, -0.05) is 12.1 Å². The van der Waals surface area contributed by atoms with E-state index in [0.717, 1.165) is 0 Å². The van der Waals surface area contributed by atoms with Gasteiger partial charge in [0.25, 0.3) is 5.91 Å². The lowest BCUT2D eigenvalue weighted by Gasteiger charge is -2.10. The molecule has 5 nitrogen and oxygen atoms in total. The van der Waals surface area contributed by atoms with E-state index in [9.17, 15) is 4.79 Å². The van der Waals surface area contributed by atoms with Crippen molar-refractivity contribution in [3.63, 3.8) is 0 Å². The SMILES string of the molecule is O=C(Nc1cnccn1)c1ccccc1OCC1CC1. The summed E-state index contributed by atoms with van der Waals surface area (Å²) in [6, 6.07) is 7.23. The number of aromatic nitrogens is 2. The van der Waals surface area contributed by atoms with Gasteiger partial charge in [-0.25, -0.2) is 4.98 Å². The van der Waals surface area contributed by atoms with Crippen molar-refractivity contribution in [2.75, 3.05) is 11.9 Å². The number of carbonyl (C=O) groups is 1. The molecule has 1 aliphatic rings. The summed E-state index contributed by atoms with van der Waals surface area (Å²) in [6.07, 6.45) is 7.03. The molecule has 102 valence electrons. The van der Waals surface area contributed by atoms with Crippen LogP contribution in [-0.4, -0.2) is 22.5 Å². The van der Waals surface area contributed by atoms with Crippen LogP contribution in [0.2, 0.25) is 0 Å². The van der Waals surface area contributed by atoms with Gasteiger partial charge in [-0.15, -0.1) is 0 Å². The van der Waals surface area contributed by atoms with Gasteiger partial charge < -0.3 is 10.1 Å². The van der Waals surface area contributed by atoms with Gasteiger partial charge in [0.15, 0.2) is 5.82 Å². The van der Waals surface area contributed by atoms with Gasteiger partial charge in [0.2, 0.25) is 0 Å². The molecule has 0 saturated heterocycles. The number of ether oxygens (including phenoxy) is 1. The molecule has 0 spiro atoms. The Morgan fingerprint density at radius 3 is 2.90 bits per heavy atom. The summed E-state index contributed by atoms with van der Waals surface area (Å²) in [6.45, 7) is 0.676. The maximum Gasteiger partial charge on any atom is 0.260 e. The first kappa shape index (κ1) is 12.6. The van der Waals surface area contributed by atoms with E-state index < -0.39 is 0 Å². The first-order chi connectivity index (χ1) is 9.83. The van der Waals surface area contributed by atoms with Crippen LogP contribution in [0.25, 0.3) is 0 Å². The van der Waals surface area contributed by atoms with Gasteiger partial charge in [0.1, 0.15) is 5.75 Å². The third kappa shape index (κ3) is 3.12. The molecule has 20 heavy (non-hydrogen) atoms. The van der Waals surface area contributed by atoms with Crippen molar-refractivity contribution in [3.8, 4) is 5.75 Å². The van der Waals surface area contributed by atoms with E-state index in [4.69, 9.17) is 4.74 Å². The van der Waals surface area contributed by atoms with E-state index in [1.807, 2.05) is 18.2 Å². The van der Waals surface area contributed by atoms with Gasteiger partial charge in [-0.3, -0.25) is 9.78 Å². The molecule has 2 aromatic rings. The molecule has 3 rings (SSSR count). The predicted molar refractivity (Wildman–Crippen MR) is 74.6 cm³/mol. The Kier molecular flexibility index (Phi) is 3.58. The fraction of sp³-hybridized carbons (Fsp3) is 0.267. The molecule has 1 amide bonds. The minimum Gasteiger partial charge on any atom is -0.492 e. The minimum atomic E-state index is -0.239. The zero-order valence-electron chi connectivity index (χ0n) is 11.0. The van der Waals surface area contributed by atoms with Gasteiger partial charge in [0.05, 0.1) is 18.4 Å². The van der Waals surface area contributed by atoms with Gasteiger partial charge >= 0.3 is 0 Å². The number of anilines is 1. The molecule has 5 heteroatoms. The Bertz CT molecular complexity index is 597. The van der Waals surface area contributed by atoms with Crippen LogP contribution >= 0.6 is 0 Å². The third-order valence-electron chi connectivity index (χ3n) is 3.11.